The minimum absolute atomic E-state index is 0.0626. The summed E-state index contributed by atoms with van der Waals surface area (Å²) in [7, 11) is -3.59. The molecule has 1 unspecified atom stereocenters. The van der Waals surface area contributed by atoms with E-state index in [1.165, 1.54) is 12.1 Å². The zero-order valence-electron chi connectivity index (χ0n) is 15.7. The van der Waals surface area contributed by atoms with Crippen molar-refractivity contribution in [1.29, 1.82) is 0 Å². The quantitative estimate of drug-likeness (QED) is 0.229. The number of anilines is 1. The average Bonchev–Trinajstić information content (AvgIpc) is 3.17. The van der Waals surface area contributed by atoms with Gasteiger partial charge in [-0.1, -0.05) is 44.8 Å². The highest BCUT2D eigenvalue weighted by Gasteiger charge is 2.36. The summed E-state index contributed by atoms with van der Waals surface area (Å²) in [5.74, 6) is -2.14. The van der Waals surface area contributed by atoms with Crippen molar-refractivity contribution in [3.8, 4) is 11.4 Å². The first kappa shape index (κ1) is 24.1. The Balaban J connectivity index is 1.85. The Kier molecular flexibility index (Phi) is 7.38. The molecule has 0 aliphatic carbocycles. The molecule has 1 aromatic heterocycles. The van der Waals surface area contributed by atoms with Gasteiger partial charge >= 0.3 is 11.3 Å². The predicted molar refractivity (Wildman–Crippen MR) is 115 cm³/mol. The van der Waals surface area contributed by atoms with Crippen LogP contribution in [0.4, 0.5) is 18.9 Å². The van der Waals surface area contributed by atoms with Gasteiger partial charge in [-0.3, -0.25) is 4.57 Å². The van der Waals surface area contributed by atoms with Crippen LogP contribution < -0.4 is 5.09 Å². The van der Waals surface area contributed by atoms with Crippen LogP contribution >= 0.6 is 46.7 Å². The number of hydrogen-bond donors (Lipinski definition) is 1. The molecule has 0 saturated carbocycles. The number of hydrogen-bond acceptors (Lipinski definition) is 5. The van der Waals surface area contributed by atoms with Crippen LogP contribution in [-0.4, -0.2) is 16.7 Å². The van der Waals surface area contributed by atoms with Crippen molar-refractivity contribution in [1.82, 2.24) is 10.1 Å². The minimum Gasteiger partial charge on any atom is -0.331 e. The number of alkyl halides is 3. The highest BCUT2D eigenvalue weighted by atomic mass is 79.9. The molecule has 0 bridgehead atoms. The molecule has 1 N–H and O–H groups in total. The first-order valence-corrected chi connectivity index (χ1v) is 12.0. The molecule has 0 saturated heterocycles. The molecule has 0 aliphatic heterocycles. The predicted octanol–water partition coefficient (Wildman–Crippen LogP) is 7.42. The van der Waals surface area contributed by atoms with Crippen molar-refractivity contribution in [2.24, 2.45) is 0 Å². The van der Waals surface area contributed by atoms with Gasteiger partial charge in [0.1, 0.15) is 5.82 Å². The maximum atomic E-state index is 14.7. The van der Waals surface area contributed by atoms with Crippen molar-refractivity contribution in [3.05, 3.63) is 63.2 Å². The van der Waals surface area contributed by atoms with Crippen molar-refractivity contribution < 1.29 is 26.8 Å². The van der Waals surface area contributed by atoms with Gasteiger partial charge in [-0.15, -0.1) is 0 Å². The summed E-state index contributed by atoms with van der Waals surface area (Å²) in [6, 6.07) is 8.64. The topological polar surface area (TPSA) is 77.2 Å². The van der Waals surface area contributed by atoms with Gasteiger partial charge in [0, 0.05) is 10.0 Å². The molecule has 2 aromatic carbocycles. The normalized spacial score (nSPS) is 13.8. The number of halogens is 6. The lowest BCUT2D eigenvalue weighted by molar-refractivity contribution is 0.0551. The molecular weight excluding hydrogens is 545 g/mol. The molecule has 3 rings (SSSR count). The SMILES string of the molecule is CCOP(=O)(Cc1ccc(-c2noc(C(F)(F)Cl)n2)cc1F)Nc1ccc(Br)cc1Cl. The molecule has 0 spiro atoms. The molecular formula is C18H14BrCl2F3N3O3P. The number of nitrogens with zero attached hydrogens (tertiary/aromatic N) is 2. The van der Waals surface area contributed by atoms with Gasteiger partial charge in [-0.2, -0.15) is 13.8 Å². The summed E-state index contributed by atoms with van der Waals surface area (Å²) < 4.78 is 64.6. The van der Waals surface area contributed by atoms with Crippen LogP contribution in [-0.2, 0) is 20.6 Å². The molecule has 0 aliphatic rings. The molecule has 13 heteroatoms. The molecule has 0 radical (unpaired) electrons. The molecule has 3 aromatic rings. The first-order valence-electron chi connectivity index (χ1n) is 8.67. The Morgan fingerprint density at radius 1 is 1.29 bits per heavy atom. The summed E-state index contributed by atoms with van der Waals surface area (Å²) in [4.78, 5) is 3.46. The lowest BCUT2D eigenvalue weighted by Gasteiger charge is -2.21. The lowest BCUT2D eigenvalue weighted by Crippen LogP contribution is -2.06. The summed E-state index contributed by atoms with van der Waals surface area (Å²) >= 11 is 14.3. The largest absolute Gasteiger partial charge is 0.400 e. The van der Waals surface area contributed by atoms with Crippen molar-refractivity contribution in [3.63, 3.8) is 0 Å². The van der Waals surface area contributed by atoms with Crippen molar-refractivity contribution in [2.45, 2.75) is 18.5 Å². The molecule has 6 nitrogen and oxygen atoms in total. The Labute approximate surface area is 193 Å². The van der Waals surface area contributed by atoms with E-state index in [4.69, 9.17) is 27.7 Å². The van der Waals surface area contributed by atoms with Gasteiger partial charge in [0.2, 0.25) is 5.82 Å². The molecule has 31 heavy (non-hydrogen) atoms. The summed E-state index contributed by atoms with van der Waals surface area (Å²) in [5, 5.41) is 2.60. The number of nitrogens with one attached hydrogen (secondary N) is 1. The van der Waals surface area contributed by atoms with Crippen LogP contribution in [0.5, 0.6) is 0 Å². The number of aromatic nitrogens is 2. The van der Waals surface area contributed by atoms with E-state index in [1.807, 2.05) is 0 Å². The van der Waals surface area contributed by atoms with Crippen molar-refractivity contribution in [2.75, 3.05) is 11.7 Å². The van der Waals surface area contributed by atoms with Gasteiger partial charge in [0.25, 0.3) is 7.52 Å². The first-order chi connectivity index (χ1) is 14.5. The molecule has 1 atom stereocenters. The fraction of sp³-hybridized carbons (Fsp3) is 0.222. The fourth-order valence-corrected chi connectivity index (χ4v) is 5.37. The Hall–Kier alpha value is -1.58. The van der Waals surface area contributed by atoms with Crippen LogP contribution in [0.25, 0.3) is 11.4 Å². The Bertz CT molecular complexity index is 1140. The Morgan fingerprint density at radius 2 is 2.03 bits per heavy atom. The zero-order chi connectivity index (χ0) is 22.8. The third-order valence-electron chi connectivity index (χ3n) is 3.92. The summed E-state index contributed by atoms with van der Waals surface area (Å²) in [5.41, 5.74) is 0.500. The molecule has 166 valence electrons. The highest BCUT2D eigenvalue weighted by molar-refractivity contribution is 9.10. The second-order valence-corrected chi connectivity index (χ2v) is 10.2. The Morgan fingerprint density at radius 3 is 2.61 bits per heavy atom. The third kappa shape index (κ3) is 6.02. The smallest absolute Gasteiger partial charge is 0.331 e. The average molecular weight is 559 g/mol. The molecule has 0 fully saturated rings. The van der Waals surface area contributed by atoms with Crippen LogP contribution in [0.2, 0.25) is 5.02 Å². The van der Waals surface area contributed by atoms with E-state index in [1.54, 1.807) is 25.1 Å². The summed E-state index contributed by atoms with van der Waals surface area (Å²) in [6.45, 7) is 1.76. The van der Waals surface area contributed by atoms with E-state index in [2.05, 4.69) is 35.7 Å². The standard InChI is InChI=1S/C18H14BrCl2F3N3O3P/c1-2-29-31(28,27-15-6-5-12(19)8-13(15)20)9-11-4-3-10(7-14(11)22)16-25-17(30-26-16)18(21,23)24/h3-8H,2,9H2,1H3,(H,27,28). The second-order valence-electron chi connectivity index (χ2n) is 6.21. The van der Waals surface area contributed by atoms with E-state index >= 15 is 0 Å². The monoisotopic (exact) mass is 557 g/mol. The van der Waals surface area contributed by atoms with Crippen LogP contribution in [0, 0.1) is 5.82 Å². The lowest BCUT2D eigenvalue weighted by atomic mass is 10.1. The highest BCUT2D eigenvalue weighted by Crippen LogP contribution is 2.51. The second kappa shape index (κ2) is 9.50. The van der Waals surface area contributed by atoms with E-state index < -0.39 is 24.6 Å². The maximum Gasteiger partial charge on any atom is 0.400 e. The van der Waals surface area contributed by atoms with Gasteiger partial charge in [0.15, 0.2) is 0 Å². The maximum absolute atomic E-state index is 14.7. The number of rotatable bonds is 8. The summed E-state index contributed by atoms with van der Waals surface area (Å²) in [6.07, 6.45) is -0.295. The van der Waals surface area contributed by atoms with Crippen LogP contribution in [0.15, 0.2) is 45.4 Å². The van der Waals surface area contributed by atoms with Crippen LogP contribution in [0.3, 0.4) is 0 Å². The molecule has 0 amide bonds. The van der Waals surface area contributed by atoms with E-state index in [0.29, 0.717) is 10.7 Å². The van der Waals surface area contributed by atoms with Gasteiger partial charge in [0.05, 0.1) is 23.5 Å². The zero-order valence-corrected chi connectivity index (χ0v) is 19.7. The molecule has 1 heterocycles. The third-order valence-corrected chi connectivity index (χ3v) is 6.90. The van der Waals surface area contributed by atoms with E-state index in [9.17, 15) is 17.7 Å². The van der Waals surface area contributed by atoms with Gasteiger partial charge < -0.3 is 14.1 Å². The minimum atomic E-state index is -3.84. The fourth-order valence-electron chi connectivity index (χ4n) is 2.58. The number of benzene rings is 2. The van der Waals surface area contributed by atoms with Crippen molar-refractivity contribution >= 4 is 52.3 Å². The van der Waals surface area contributed by atoms with Gasteiger partial charge in [-0.05, 0) is 48.4 Å². The van der Waals surface area contributed by atoms with E-state index in [0.717, 1.165) is 10.5 Å². The van der Waals surface area contributed by atoms with Gasteiger partial charge in [-0.25, -0.2) is 4.39 Å². The van der Waals surface area contributed by atoms with E-state index in [-0.39, 0.29) is 29.7 Å². The van der Waals surface area contributed by atoms with Crippen LogP contribution in [0.1, 0.15) is 18.4 Å².